The minimum atomic E-state index is -4.43. The summed E-state index contributed by atoms with van der Waals surface area (Å²) >= 11 is 1.53. The first-order valence-electron chi connectivity index (χ1n) is 11.8. The Balaban J connectivity index is 1.17. The minimum Gasteiger partial charge on any atom is -0.353 e. The Morgan fingerprint density at radius 3 is 2.36 bits per heavy atom. The van der Waals surface area contributed by atoms with Gasteiger partial charge in [-0.25, -0.2) is 0 Å². The summed E-state index contributed by atoms with van der Waals surface area (Å²) < 4.78 is 44.3. The van der Waals surface area contributed by atoms with Crippen molar-refractivity contribution >= 4 is 39.0 Å². The molecule has 1 amide bonds. The summed E-state index contributed by atoms with van der Waals surface area (Å²) in [5.74, 6) is 0.631. The summed E-state index contributed by atoms with van der Waals surface area (Å²) in [6, 6.07) is 20.1. The van der Waals surface area contributed by atoms with Crippen molar-refractivity contribution in [2.45, 2.75) is 12.6 Å². The molecule has 186 valence electrons. The number of rotatable bonds is 6. The van der Waals surface area contributed by atoms with E-state index in [1.54, 1.807) is 0 Å². The van der Waals surface area contributed by atoms with Crippen LogP contribution >= 0.6 is 11.5 Å². The summed E-state index contributed by atoms with van der Waals surface area (Å²) in [7, 11) is 0. The molecule has 36 heavy (non-hydrogen) atoms. The van der Waals surface area contributed by atoms with Crippen LogP contribution in [0.25, 0.3) is 10.1 Å². The van der Waals surface area contributed by atoms with E-state index in [-0.39, 0.29) is 5.56 Å². The predicted octanol–water partition coefficient (Wildman–Crippen LogP) is 5.93. The second kappa shape index (κ2) is 10.3. The number of para-hydroxylation sites is 1. The molecule has 9 heteroatoms. The predicted molar refractivity (Wildman–Crippen MR) is 138 cm³/mol. The SMILES string of the molecule is O=C(Nc1ccccc1CCN1CCN(c2nsc3ccccc23)CC1)c1ccc(C(F)(F)F)cc1. The standard InChI is InChI=1S/C27H25F3N4OS/c28-27(29,30)21-11-9-20(10-12-21)26(35)31-23-7-3-1-5-19(23)13-14-33-15-17-34(18-16-33)25-22-6-2-4-8-24(22)36-32-25/h1-12H,13-18H2,(H,31,35). The van der Waals surface area contributed by atoms with Crippen molar-refractivity contribution in [2.75, 3.05) is 42.9 Å². The summed E-state index contributed by atoms with van der Waals surface area (Å²) in [6.45, 7) is 4.50. The van der Waals surface area contributed by atoms with Gasteiger partial charge >= 0.3 is 6.18 Å². The van der Waals surface area contributed by atoms with E-state index in [2.05, 4.69) is 31.6 Å². The molecule has 2 heterocycles. The molecule has 0 atom stereocenters. The Morgan fingerprint density at radius 1 is 0.917 bits per heavy atom. The quantitative estimate of drug-likeness (QED) is 0.349. The van der Waals surface area contributed by atoms with Crippen molar-refractivity contribution in [3.63, 3.8) is 0 Å². The fraction of sp³-hybridized carbons (Fsp3) is 0.259. The fourth-order valence-corrected chi connectivity index (χ4v) is 5.22. The van der Waals surface area contributed by atoms with Gasteiger partial charge in [0.25, 0.3) is 5.91 Å². The largest absolute Gasteiger partial charge is 0.416 e. The molecule has 5 rings (SSSR count). The molecule has 0 bridgehead atoms. The number of carbonyl (C=O) groups is 1. The van der Waals surface area contributed by atoms with E-state index in [4.69, 9.17) is 0 Å². The molecule has 3 aromatic carbocycles. The number of aromatic nitrogens is 1. The van der Waals surface area contributed by atoms with Crippen LogP contribution in [0.1, 0.15) is 21.5 Å². The molecule has 0 saturated carbocycles. The van der Waals surface area contributed by atoms with Crippen LogP contribution in [0.3, 0.4) is 0 Å². The number of piperazine rings is 1. The number of anilines is 2. The minimum absolute atomic E-state index is 0.184. The fourth-order valence-electron chi connectivity index (χ4n) is 4.43. The van der Waals surface area contributed by atoms with Gasteiger partial charge in [0.05, 0.1) is 10.3 Å². The monoisotopic (exact) mass is 510 g/mol. The zero-order valence-electron chi connectivity index (χ0n) is 19.5. The highest BCUT2D eigenvalue weighted by atomic mass is 32.1. The molecule has 1 aliphatic heterocycles. The highest BCUT2D eigenvalue weighted by Crippen LogP contribution is 2.30. The van der Waals surface area contributed by atoms with E-state index < -0.39 is 17.6 Å². The lowest BCUT2D eigenvalue weighted by atomic mass is 10.1. The van der Waals surface area contributed by atoms with Gasteiger partial charge in [0.2, 0.25) is 0 Å². The highest BCUT2D eigenvalue weighted by Gasteiger charge is 2.30. The Bertz CT molecular complexity index is 1350. The molecule has 0 spiro atoms. The zero-order chi connectivity index (χ0) is 25.1. The first kappa shape index (κ1) is 24.3. The van der Waals surface area contributed by atoms with Crippen LogP contribution < -0.4 is 10.2 Å². The summed E-state index contributed by atoms with van der Waals surface area (Å²) in [6.07, 6.45) is -3.68. The van der Waals surface area contributed by atoms with Crippen molar-refractivity contribution in [1.82, 2.24) is 9.27 Å². The zero-order valence-corrected chi connectivity index (χ0v) is 20.3. The third-order valence-corrected chi connectivity index (χ3v) is 7.28. The number of fused-ring (bicyclic) bond motifs is 1. The Morgan fingerprint density at radius 2 is 1.61 bits per heavy atom. The normalized spacial score (nSPS) is 14.8. The molecular weight excluding hydrogens is 485 g/mol. The molecule has 1 fully saturated rings. The maximum absolute atomic E-state index is 12.8. The van der Waals surface area contributed by atoms with Gasteiger partial charge in [-0.3, -0.25) is 9.69 Å². The van der Waals surface area contributed by atoms with E-state index >= 15 is 0 Å². The van der Waals surface area contributed by atoms with Gasteiger partial charge in [0, 0.05) is 49.4 Å². The van der Waals surface area contributed by atoms with E-state index in [0.717, 1.165) is 62.7 Å². The first-order chi connectivity index (χ1) is 17.4. The van der Waals surface area contributed by atoms with Crippen molar-refractivity contribution in [3.05, 3.63) is 89.5 Å². The molecule has 1 aliphatic rings. The van der Waals surface area contributed by atoms with Gasteiger partial charge in [-0.05, 0) is 66.0 Å². The van der Waals surface area contributed by atoms with Crippen LogP contribution in [0.5, 0.6) is 0 Å². The van der Waals surface area contributed by atoms with Gasteiger partial charge in [-0.1, -0.05) is 30.3 Å². The van der Waals surface area contributed by atoms with Crippen LogP contribution in [0.2, 0.25) is 0 Å². The van der Waals surface area contributed by atoms with Gasteiger partial charge in [0.15, 0.2) is 0 Å². The number of nitrogens with one attached hydrogen (secondary N) is 1. The number of nitrogens with zero attached hydrogens (tertiary/aromatic N) is 3. The van der Waals surface area contributed by atoms with E-state index in [1.165, 1.54) is 33.8 Å². The van der Waals surface area contributed by atoms with Gasteiger partial charge in [0.1, 0.15) is 5.82 Å². The highest BCUT2D eigenvalue weighted by molar-refractivity contribution is 7.13. The Hall–Kier alpha value is -3.43. The molecule has 4 aromatic rings. The molecule has 5 nitrogen and oxygen atoms in total. The van der Waals surface area contributed by atoms with Crippen LogP contribution in [0.15, 0.2) is 72.8 Å². The number of alkyl halides is 3. The van der Waals surface area contributed by atoms with E-state index in [0.29, 0.717) is 5.69 Å². The molecule has 1 aromatic heterocycles. The van der Waals surface area contributed by atoms with Crippen LogP contribution in [0.4, 0.5) is 24.7 Å². The van der Waals surface area contributed by atoms with Gasteiger partial charge in [-0.15, -0.1) is 0 Å². The molecule has 1 saturated heterocycles. The van der Waals surface area contributed by atoms with Gasteiger partial charge in [-0.2, -0.15) is 17.5 Å². The van der Waals surface area contributed by atoms with E-state index in [9.17, 15) is 18.0 Å². The average Bonchev–Trinajstić information content (AvgIpc) is 3.32. The average molecular weight is 511 g/mol. The van der Waals surface area contributed by atoms with Crippen molar-refractivity contribution < 1.29 is 18.0 Å². The maximum Gasteiger partial charge on any atom is 0.416 e. The molecular formula is C27H25F3N4OS. The first-order valence-corrected chi connectivity index (χ1v) is 12.5. The Kier molecular flexibility index (Phi) is 6.93. The number of hydrogen-bond donors (Lipinski definition) is 1. The lowest BCUT2D eigenvalue weighted by molar-refractivity contribution is -0.137. The smallest absolute Gasteiger partial charge is 0.353 e. The third kappa shape index (κ3) is 5.37. The van der Waals surface area contributed by atoms with E-state index in [1.807, 2.05) is 36.4 Å². The molecule has 0 unspecified atom stereocenters. The maximum atomic E-state index is 12.8. The number of halogens is 3. The van der Waals surface area contributed by atoms with Crippen LogP contribution in [-0.2, 0) is 12.6 Å². The third-order valence-electron chi connectivity index (χ3n) is 6.47. The topological polar surface area (TPSA) is 48.5 Å². The summed E-state index contributed by atoms with van der Waals surface area (Å²) in [5, 5.41) is 4.06. The van der Waals surface area contributed by atoms with Crippen molar-refractivity contribution in [2.24, 2.45) is 0 Å². The number of amides is 1. The second-order valence-electron chi connectivity index (χ2n) is 8.77. The van der Waals surface area contributed by atoms with Crippen LogP contribution in [0, 0.1) is 0 Å². The lowest BCUT2D eigenvalue weighted by Crippen LogP contribution is -2.47. The molecule has 0 radical (unpaired) electrons. The summed E-state index contributed by atoms with van der Waals surface area (Å²) in [4.78, 5) is 17.4. The van der Waals surface area contributed by atoms with Crippen LogP contribution in [-0.4, -0.2) is 47.9 Å². The lowest BCUT2D eigenvalue weighted by Gasteiger charge is -2.35. The molecule has 1 N–H and O–H groups in total. The number of hydrogen-bond acceptors (Lipinski definition) is 5. The molecule has 0 aliphatic carbocycles. The number of carbonyl (C=O) groups excluding carboxylic acids is 1. The van der Waals surface area contributed by atoms with Gasteiger partial charge < -0.3 is 10.2 Å². The Labute approximate surface area is 211 Å². The number of benzene rings is 3. The second-order valence-corrected chi connectivity index (χ2v) is 9.57. The summed E-state index contributed by atoms with van der Waals surface area (Å²) in [5.41, 5.74) is 1.08. The van der Waals surface area contributed by atoms with Crippen molar-refractivity contribution in [3.8, 4) is 0 Å². The van der Waals surface area contributed by atoms with Crippen molar-refractivity contribution in [1.29, 1.82) is 0 Å².